The highest BCUT2D eigenvalue weighted by Crippen LogP contribution is 2.66. The second-order valence-electron chi connectivity index (χ2n) is 15.6. The molecule has 3 nitrogen and oxygen atoms in total. The summed E-state index contributed by atoms with van der Waals surface area (Å²) < 4.78 is 6.75. The molecule has 0 saturated heterocycles. The van der Waals surface area contributed by atoms with Crippen molar-refractivity contribution in [3.63, 3.8) is 0 Å². The van der Waals surface area contributed by atoms with Gasteiger partial charge in [0.2, 0.25) is 0 Å². The lowest BCUT2D eigenvalue weighted by Gasteiger charge is -2.39. The highest BCUT2D eigenvalue weighted by atomic mass is 16.5. The lowest BCUT2D eigenvalue weighted by atomic mass is 9.65. The molecule has 1 aliphatic carbocycles. The fraction of sp³-hybridized carbons (Fsp3) is 0.0182. The number of pyridine rings is 2. The molecule has 1 spiro atoms. The number of aromatic nitrogens is 2. The normalized spacial score (nSPS) is 13.4. The molecular weight excluding hydrogens is 705 g/mol. The van der Waals surface area contributed by atoms with E-state index in [1.54, 1.807) is 0 Å². The van der Waals surface area contributed by atoms with E-state index in [1.165, 1.54) is 98.4 Å². The third-order valence-electron chi connectivity index (χ3n) is 12.9. The van der Waals surface area contributed by atoms with Crippen molar-refractivity contribution in [1.82, 2.24) is 9.97 Å². The van der Waals surface area contributed by atoms with Crippen LogP contribution in [0.25, 0.3) is 87.2 Å². The predicted octanol–water partition coefficient (Wildman–Crippen LogP) is 14.0. The number of ether oxygens (including phenoxy) is 1. The van der Waals surface area contributed by atoms with Crippen LogP contribution in [0.4, 0.5) is 0 Å². The molecule has 0 bridgehead atoms. The Morgan fingerprint density at radius 3 is 1.60 bits per heavy atom. The fourth-order valence-corrected chi connectivity index (χ4v) is 10.6. The Morgan fingerprint density at radius 1 is 0.362 bits per heavy atom. The molecule has 0 amide bonds. The van der Waals surface area contributed by atoms with Gasteiger partial charge in [0.25, 0.3) is 0 Å². The Hall–Kier alpha value is -7.62. The highest BCUT2D eigenvalue weighted by Gasteiger charge is 2.53. The largest absolute Gasteiger partial charge is 0.453 e. The minimum Gasteiger partial charge on any atom is -0.453 e. The number of hydrogen-bond donors (Lipinski definition) is 0. The van der Waals surface area contributed by atoms with Crippen molar-refractivity contribution in [1.29, 1.82) is 0 Å². The van der Waals surface area contributed by atoms with Gasteiger partial charge in [0.05, 0.1) is 17.8 Å². The van der Waals surface area contributed by atoms with Crippen molar-refractivity contribution >= 4 is 53.9 Å². The molecule has 9 aromatic carbocycles. The average molecular weight is 737 g/mol. The number of fused-ring (bicyclic) bond motifs is 18. The van der Waals surface area contributed by atoms with E-state index < -0.39 is 5.41 Å². The molecule has 0 fully saturated rings. The molecule has 0 saturated carbocycles. The molecule has 0 atom stereocenters. The summed E-state index contributed by atoms with van der Waals surface area (Å²) in [5.74, 6) is 1.49. The first-order valence-corrected chi connectivity index (χ1v) is 19.9. The van der Waals surface area contributed by atoms with Gasteiger partial charge in [-0.1, -0.05) is 146 Å². The quantitative estimate of drug-likeness (QED) is 0.166. The molecule has 0 N–H and O–H groups in total. The SMILES string of the molecule is c1ccc2c(-c3ccc4c5c(c6ccccc6c4c3)-c3c(cc(-c4cccc6ccccc46)c4ccccc34)C53c4ccncc4Oc4cnccc43)cccc2c1. The van der Waals surface area contributed by atoms with Crippen LogP contribution in [0.1, 0.15) is 22.3 Å². The first-order chi connectivity index (χ1) is 28.8. The van der Waals surface area contributed by atoms with Crippen LogP contribution in [0, 0.1) is 0 Å². The van der Waals surface area contributed by atoms with Crippen LogP contribution in [-0.4, -0.2) is 9.97 Å². The highest BCUT2D eigenvalue weighted by molar-refractivity contribution is 6.24. The summed E-state index contributed by atoms with van der Waals surface area (Å²) in [7, 11) is 0. The van der Waals surface area contributed by atoms with Gasteiger partial charge >= 0.3 is 0 Å². The van der Waals surface area contributed by atoms with E-state index in [0.717, 1.165) is 22.6 Å². The van der Waals surface area contributed by atoms with E-state index in [0.29, 0.717) is 0 Å². The van der Waals surface area contributed by atoms with Gasteiger partial charge in [-0.15, -0.1) is 0 Å². The van der Waals surface area contributed by atoms with Crippen LogP contribution >= 0.6 is 0 Å². The summed E-state index contributed by atoms with van der Waals surface area (Å²) in [6.45, 7) is 0. The monoisotopic (exact) mass is 736 g/mol. The van der Waals surface area contributed by atoms with Crippen molar-refractivity contribution in [3.8, 4) is 44.9 Å². The minimum atomic E-state index is -0.758. The molecule has 0 radical (unpaired) electrons. The Kier molecular flexibility index (Phi) is 6.37. The summed E-state index contributed by atoms with van der Waals surface area (Å²) in [5, 5.41) is 12.3. The third kappa shape index (κ3) is 4.07. The maximum atomic E-state index is 6.75. The molecule has 3 heterocycles. The first-order valence-electron chi connectivity index (χ1n) is 19.9. The Labute approximate surface area is 334 Å². The van der Waals surface area contributed by atoms with E-state index in [-0.39, 0.29) is 0 Å². The van der Waals surface area contributed by atoms with Crippen molar-refractivity contribution < 1.29 is 4.74 Å². The Morgan fingerprint density at radius 2 is 0.914 bits per heavy atom. The predicted molar refractivity (Wildman–Crippen MR) is 238 cm³/mol. The van der Waals surface area contributed by atoms with Gasteiger partial charge < -0.3 is 4.74 Å². The molecular formula is C55H32N2O. The van der Waals surface area contributed by atoms with Crippen LogP contribution in [0.15, 0.2) is 195 Å². The van der Waals surface area contributed by atoms with Gasteiger partial charge in [0, 0.05) is 23.5 Å². The van der Waals surface area contributed by atoms with E-state index in [9.17, 15) is 0 Å². The molecule has 13 rings (SSSR count). The number of benzene rings is 9. The third-order valence-corrected chi connectivity index (χ3v) is 12.9. The zero-order valence-electron chi connectivity index (χ0n) is 31.3. The summed E-state index contributed by atoms with van der Waals surface area (Å²) in [6.07, 6.45) is 7.59. The van der Waals surface area contributed by atoms with Gasteiger partial charge in [0.15, 0.2) is 11.5 Å². The van der Waals surface area contributed by atoms with Gasteiger partial charge in [0.1, 0.15) is 0 Å². The minimum absolute atomic E-state index is 0.746. The molecule has 2 aromatic heterocycles. The maximum Gasteiger partial charge on any atom is 0.150 e. The van der Waals surface area contributed by atoms with Crippen LogP contribution in [0.5, 0.6) is 11.5 Å². The zero-order chi connectivity index (χ0) is 38.0. The standard InChI is InChI=1S/C55H32N2O/c1-3-15-36-33(11-1)13-9-21-38(36)35-23-24-44-45(29-35)41-18-6-8-20-43(41)53-52-42-19-7-5-17-40(42)46(39-22-10-14-34-12-2-4-16-37(34)39)30-49(52)55(54(44)53)47-25-27-56-31-50(47)58-51-32-57-28-26-48(51)55/h1-32H. The first kappa shape index (κ1) is 31.6. The van der Waals surface area contributed by atoms with E-state index in [4.69, 9.17) is 4.74 Å². The zero-order valence-corrected chi connectivity index (χ0v) is 31.3. The van der Waals surface area contributed by atoms with Crippen molar-refractivity contribution in [2.24, 2.45) is 0 Å². The van der Waals surface area contributed by atoms with Crippen LogP contribution in [0.3, 0.4) is 0 Å². The summed E-state index contributed by atoms with van der Waals surface area (Å²) in [5.41, 5.74) is 11.3. The van der Waals surface area contributed by atoms with Crippen molar-refractivity contribution in [2.45, 2.75) is 5.41 Å². The van der Waals surface area contributed by atoms with Crippen LogP contribution < -0.4 is 4.74 Å². The van der Waals surface area contributed by atoms with Crippen molar-refractivity contribution in [3.05, 3.63) is 217 Å². The molecule has 1 aliphatic heterocycles. The lowest BCUT2D eigenvalue weighted by Crippen LogP contribution is -2.32. The van der Waals surface area contributed by atoms with Gasteiger partial charge in [-0.2, -0.15) is 0 Å². The van der Waals surface area contributed by atoms with Gasteiger partial charge in [-0.25, -0.2) is 0 Å². The molecule has 268 valence electrons. The Bertz CT molecular complexity index is 3510. The van der Waals surface area contributed by atoms with Gasteiger partial charge in [-0.05, 0) is 123 Å². The maximum absolute atomic E-state index is 6.75. The van der Waals surface area contributed by atoms with Gasteiger partial charge in [-0.3, -0.25) is 9.97 Å². The lowest BCUT2D eigenvalue weighted by molar-refractivity contribution is 0.432. The second-order valence-corrected chi connectivity index (χ2v) is 15.6. The van der Waals surface area contributed by atoms with Crippen molar-refractivity contribution in [2.75, 3.05) is 0 Å². The molecule has 58 heavy (non-hydrogen) atoms. The molecule has 3 heteroatoms. The summed E-state index contributed by atoms with van der Waals surface area (Å²) in [4.78, 5) is 9.25. The summed E-state index contributed by atoms with van der Waals surface area (Å²) >= 11 is 0. The number of rotatable bonds is 2. The molecule has 11 aromatic rings. The van der Waals surface area contributed by atoms with E-state index in [2.05, 4.69) is 180 Å². The second kappa shape index (κ2) is 11.7. The smallest absolute Gasteiger partial charge is 0.150 e. The topological polar surface area (TPSA) is 35.0 Å². The van der Waals surface area contributed by atoms with E-state index in [1.807, 2.05) is 24.8 Å². The Balaban J connectivity index is 1.25. The van der Waals surface area contributed by atoms with Crippen LogP contribution in [-0.2, 0) is 5.41 Å². The molecule has 0 unspecified atom stereocenters. The number of nitrogens with zero attached hydrogens (tertiary/aromatic N) is 2. The van der Waals surface area contributed by atoms with E-state index >= 15 is 0 Å². The number of hydrogen-bond acceptors (Lipinski definition) is 3. The fourth-order valence-electron chi connectivity index (χ4n) is 10.6. The summed E-state index contributed by atoms with van der Waals surface area (Å²) in [6, 6.07) is 62.7. The van der Waals surface area contributed by atoms with Crippen LogP contribution in [0.2, 0.25) is 0 Å². The average Bonchev–Trinajstić information content (AvgIpc) is 3.60. The molecule has 2 aliphatic rings.